The first-order chi connectivity index (χ1) is 10.3. The minimum absolute atomic E-state index is 0.104. The Bertz CT molecular complexity index is 559. The fourth-order valence-corrected chi connectivity index (χ4v) is 2.28. The van der Waals surface area contributed by atoms with Crippen molar-refractivity contribution in [2.24, 2.45) is 5.92 Å². The van der Waals surface area contributed by atoms with E-state index in [0.29, 0.717) is 12.3 Å². The van der Waals surface area contributed by atoms with Crippen LogP contribution in [0.5, 0.6) is 5.75 Å². The zero-order valence-corrected chi connectivity index (χ0v) is 13.5. The van der Waals surface area contributed by atoms with Crippen LogP contribution in [0.25, 0.3) is 0 Å². The number of aliphatic hydroxyl groups is 2. The Labute approximate surface area is 130 Å². The molecular formula is C17H26O5. The summed E-state index contributed by atoms with van der Waals surface area (Å²) in [7, 11) is 0. The number of aliphatic hydroxyl groups excluding tert-OH is 2. The number of rotatable bonds is 8. The van der Waals surface area contributed by atoms with Crippen molar-refractivity contribution in [3.63, 3.8) is 0 Å². The van der Waals surface area contributed by atoms with Gasteiger partial charge in [0.15, 0.2) is 0 Å². The molecule has 0 saturated carbocycles. The first kappa shape index (κ1) is 18.5. The first-order valence-corrected chi connectivity index (χ1v) is 7.62. The third-order valence-electron chi connectivity index (χ3n) is 3.67. The standard InChI is InChI=1S/C17H26O5/c1-11(8-12(2)6-7-18)4-5-14(19)9-15-10-16(20)13(3)17(21)22-15/h8,10,12,14,18-20H,4-7,9H2,1-3H3/b11-8+. The van der Waals surface area contributed by atoms with E-state index in [2.05, 4.69) is 6.08 Å². The summed E-state index contributed by atoms with van der Waals surface area (Å²) in [6.45, 7) is 5.70. The van der Waals surface area contributed by atoms with Crippen LogP contribution in [0.3, 0.4) is 0 Å². The monoisotopic (exact) mass is 310 g/mol. The number of hydrogen-bond acceptors (Lipinski definition) is 5. The van der Waals surface area contributed by atoms with Gasteiger partial charge in [-0.3, -0.25) is 0 Å². The summed E-state index contributed by atoms with van der Waals surface area (Å²) in [5, 5.41) is 28.5. The van der Waals surface area contributed by atoms with Gasteiger partial charge in [0, 0.05) is 19.1 Å². The molecule has 2 unspecified atom stereocenters. The summed E-state index contributed by atoms with van der Waals surface area (Å²) in [6, 6.07) is 1.38. The number of allylic oxidation sites excluding steroid dienone is 2. The quantitative estimate of drug-likeness (QED) is 0.641. The molecule has 3 N–H and O–H groups in total. The molecule has 0 spiro atoms. The average Bonchev–Trinajstić information content (AvgIpc) is 2.42. The van der Waals surface area contributed by atoms with Gasteiger partial charge in [-0.25, -0.2) is 4.79 Å². The summed E-state index contributed by atoms with van der Waals surface area (Å²) < 4.78 is 5.04. The smallest absolute Gasteiger partial charge is 0.342 e. The molecule has 1 heterocycles. The van der Waals surface area contributed by atoms with Crippen molar-refractivity contribution in [1.29, 1.82) is 0 Å². The van der Waals surface area contributed by atoms with Crippen LogP contribution in [0.1, 0.15) is 44.4 Å². The molecule has 124 valence electrons. The maximum absolute atomic E-state index is 11.5. The van der Waals surface area contributed by atoms with E-state index < -0.39 is 11.7 Å². The second-order valence-electron chi connectivity index (χ2n) is 5.91. The number of aromatic hydroxyl groups is 1. The highest BCUT2D eigenvalue weighted by Crippen LogP contribution is 2.17. The molecule has 0 bridgehead atoms. The minimum atomic E-state index is -0.637. The van der Waals surface area contributed by atoms with Crippen LogP contribution in [-0.2, 0) is 6.42 Å². The third-order valence-corrected chi connectivity index (χ3v) is 3.67. The molecule has 0 aliphatic carbocycles. The van der Waals surface area contributed by atoms with E-state index in [1.54, 1.807) is 0 Å². The molecular weight excluding hydrogens is 284 g/mol. The van der Waals surface area contributed by atoms with Crippen LogP contribution < -0.4 is 5.63 Å². The van der Waals surface area contributed by atoms with Crippen molar-refractivity contribution in [2.75, 3.05) is 6.61 Å². The second-order valence-corrected chi connectivity index (χ2v) is 5.91. The molecule has 0 amide bonds. The van der Waals surface area contributed by atoms with Crippen molar-refractivity contribution < 1.29 is 19.7 Å². The maximum Gasteiger partial charge on any atom is 0.342 e. The Morgan fingerprint density at radius 1 is 1.41 bits per heavy atom. The summed E-state index contributed by atoms with van der Waals surface area (Å²) in [6.07, 6.45) is 3.67. The van der Waals surface area contributed by atoms with Gasteiger partial charge in [0.2, 0.25) is 0 Å². The molecule has 2 atom stereocenters. The average molecular weight is 310 g/mol. The Morgan fingerprint density at radius 2 is 2.09 bits per heavy atom. The van der Waals surface area contributed by atoms with Gasteiger partial charge < -0.3 is 19.7 Å². The molecule has 0 fully saturated rings. The lowest BCUT2D eigenvalue weighted by Crippen LogP contribution is -2.13. The summed E-state index contributed by atoms with van der Waals surface area (Å²) >= 11 is 0. The van der Waals surface area contributed by atoms with Crippen LogP contribution in [-0.4, -0.2) is 28.0 Å². The van der Waals surface area contributed by atoms with E-state index in [9.17, 15) is 15.0 Å². The predicted molar refractivity (Wildman–Crippen MR) is 84.9 cm³/mol. The van der Waals surface area contributed by atoms with E-state index in [-0.39, 0.29) is 30.1 Å². The van der Waals surface area contributed by atoms with Gasteiger partial charge in [-0.05, 0) is 39.0 Å². The lowest BCUT2D eigenvalue weighted by molar-refractivity contribution is 0.156. The lowest BCUT2D eigenvalue weighted by Gasteiger charge is -2.12. The molecule has 0 aliphatic heterocycles. The zero-order valence-electron chi connectivity index (χ0n) is 13.5. The van der Waals surface area contributed by atoms with E-state index in [0.717, 1.165) is 18.4 Å². The largest absolute Gasteiger partial charge is 0.507 e. The Hall–Kier alpha value is -1.59. The highest BCUT2D eigenvalue weighted by Gasteiger charge is 2.12. The molecule has 1 aromatic rings. The first-order valence-electron chi connectivity index (χ1n) is 7.62. The van der Waals surface area contributed by atoms with Gasteiger partial charge in [-0.2, -0.15) is 0 Å². The molecule has 22 heavy (non-hydrogen) atoms. The fraction of sp³-hybridized carbons (Fsp3) is 0.588. The Balaban J connectivity index is 2.53. The van der Waals surface area contributed by atoms with E-state index in [1.165, 1.54) is 13.0 Å². The van der Waals surface area contributed by atoms with Crippen molar-refractivity contribution in [1.82, 2.24) is 0 Å². The van der Waals surface area contributed by atoms with Crippen LogP contribution >= 0.6 is 0 Å². The summed E-state index contributed by atoms with van der Waals surface area (Å²) in [5.74, 6) is 0.498. The van der Waals surface area contributed by atoms with Crippen LogP contribution in [0.2, 0.25) is 0 Å². The van der Waals surface area contributed by atoms with Gasteiger partial charge in [0.1, 0.15) is 11.5 Å². The van der Waals surface area contributed by atoms with Crippen LogP contribution in [0.15, 0.2) is 26.9 Å². The number of hydrogen-bond donors (Lipinski definition) is 3. The third kappa shape index (κ3) is 6.03. The van der Waals surface area contributed by atoms with Gasteiger partial charge in [-0.15, -0.1) is 0 Å². The minimum Gasteiger partial charge on any atom is -0.507 e. The van der Waals surface area contributed by atoms with E-state index in [4.69, 9.17) is 9.52 Å². The Morgan fingerprint density at radius 3 is 2.68 bits per heavy atom. The summed E-state index contributed by atoms with van der Waals surface area (Å²) in [5.41, 5.74) is 0.763. The molecule has 1 rings (SSSR count). The van der Waals surface area contributed by atoms with Crippen molar-refractivity contribution in [3.05, 3.63) is 39.5 Å². The molecule has 0 saturated heterocycles. The summed E-state index contributed by atoms with van der Waals surface area (Å²) in [4.78, 5) is 11.5. The van der Waals surface area contributed by atoms with Crippen LogP contribution in [0.4, 0.5) is 0 Å². The van der Waals surface area contributed by atoms with Gasteiger partial charge in [0.25, 0.3) is 0 Å². The highest BCUT2D eigenvalue weighted by molar-refractivity contribution is 5.28. The molecule has 5 nitrogen and oxygen atoms in total. The van der Waals surface area contributed by atoms with Crippen molar-refractivity contribution >= 4 is 0 Å². The molecule has 0 aliphatic rings. The fourth-order valence-electron chi connectivity index (χ4n) is 2.28. The van der Waals surface area contributed by atoms with Gasteiger partial charge in [0.05, 0.1) is 11.7 Å². The molecule has 5 heteroatoms. The lowest BCUT2D eigenvalue weighted by atomic mass is 10.00. The predicted octanol–water partition coefficient (Wildman–Crippen LogP) is 2.30. The van der Waals surface area contributed by atoms with Crippen molar-refractivity contribution in [2.45, 2.75) is 52.6 Å². The SMILES string of the molecule is C/C(=C\C(C)CCO)CCC(O)Cc1cc(O)c(C)c(=O)o1. The van der Waals surface area contributed by atoms with Gasteiger partial charge in [-0.1, -0.05) is 18.6 Å². The topological polar surface area (TPSA) is 90.9 Å². The van der Waals surface area contributed by atoms with Crippen molar-refractivity contribution in [3.8, 4) is 5.75 Å². The molecule has 0 aromatic carbocycles. The zero-order chi connectivity index (χ0) is 16.7. The second kappa shape index (κ2) is 8.76. The molecule has 0 radical (unpaired) electrons. The van der Waals surface area contributed by atoms with Gasteiger partial charge >= 0.3 is 5.63 Å². The molecule has 1 aromatic heterocycles. The van der Waals surface area contributed by atoms with Crippen LogP contribution in [0, 0.1) is 12.8 Å². The highest BCUT2D eigenvalue weighted by atomic mass is 16.4. The van der Waals surface area contributed by atoms with E-state index in [1.807, 2.05) is 13.8 Å². The Kier molecular flexibility index (Phi) is 7.35. The van der Waals surface area contributed by atoms with E-state index >= 15 is 0 Å². The maximum atomic E-state index is 11.5. The normalized spacial score (nSPS) is 14.9.